The lowest BCUT2D eigenvalue weighted by Crippen LogP contribution is -2.30. The lowest BCUT2D eigenvalue weighted by atomic mass is 9.93. The van der Waals surface area contributed by atoms with E-state index in [1.165, 1.54) is 5.56 Å². The van der Waals surface area contributed by atoms with E-state index in [0.717, 1.165) is 23.4 Å². The molecule has 2 rings (SSSR count). The van der Waals surface area contributed by atoms with E-state index >= 15 is 0 Å². The minimum Gasteiger partial charge on any atom is -0.510 e. The molecule has 20 heavy (non-hydrogen) atoms. The first kappa shape index (κ1) is 14.7. The van der Waals surface area contributed by atoms with E-state index in [4.69, 9.17) is 0 Å². The minimum absolute atomic E-state index is 0.372. The first-order chi connectivity index (χ1) is 9.40. The molecule has 1 heterocycles. The number of aliphatic hydroxyl groups is 1. The van der Waals surface area contributed by atoms with Crippen molar-refractivity contribution in [2.45, 2.75) is 40.0 Å². The summed E-state index contributed by atoms with van der Waals surface area (Å²) in [5.74, 6) is 1.41. The van der Waals surface area contributed by atoms with E-state index in [1.54, 1.807) is 0 Å². The molecule has 1 aliphatic rings. The van der Waals surface area contributed by atoms with Gasteiger partial charge in [0.2, 0.25) is 0 Å². The third-order valence-corrected chi connectivity index (χ3v) is 4.02. The van der Waals surface area contributed by atoms with Gasteiger partial charge >= 0.3 is 0 Å². The molecule has 1 aromatic carbocycles. The average molecular weight is 271 g/mol. The Morgan fingerprint density at radius 2 is 1.65 bits per heavy atom. The van der Waals surface area contributed by atoms with Crippen molar-refractivity contribution in [3.8, 4) is 0 Å². The zero-order chi connectivity index (χ0) is 14.9. The van der Waals surface area contributed by atoms with Crippen LogP contribution in [0.4, 0.5) is 5.69 Å². The summed E-state index contributed by atoms with van der Waals surface area (Å²) >= 11 is 0. The third-order valence-electron chi connectivity index (χ3n) is 4.02. The summed E-state index contributed by atoms with van der Waals surface area (Å²) in [5.41, 5.74) is 4.61. The molecule has 0 unspecified atom stereocenters. The topological polar surface area (TPSA) is 23.5 Å². The van der Waals surface area contributed by atoms with Crippen LogP contribution in [0.1, 0.15) is 45.6 Å². The third kappa shape index (κ3) is 2.90. The van der Waals surface area contributed by atoms with Gasteiger partial charge in [-0.15, -0.1) is 0 Å². The van der Waals surface area contributed by atoms with Crippen LogP contribution in [0.15, 0.2) is 47.9 Å². The molecule has 1 N–H and O–H groups in total. The van der Waals surface area contributed by atoms with Crippen LogP contribution >= 0.6 is 0 Å². The predicted octanol–water partition coefficient (Wildman–Crippen LogP) is 5.00. The van der Waals surface area contributed by atoms with Crippen molar-refractivity contribution in [1.82, 2.24) is 0 Å². The summed E-state index contributed by atoms with van der Waals surface area (Å²) < 4.78 is 0. The summed E-state index contributed by atoms with van der Waals surface area (Å²) in [7, 11) is 0. The van der Waals surface area contributed by atoms with Gasteiger partial charge in [0, 0.05) is 17.8 Å². The highest BCUT2D eigenvalue weighted by Crippen LogP contribution is 2.32. The summed E-state index contributed by atoms with van der Waals surface area (Å²) in [6.45, 7) is 13.3. The molecule has 0 radical (unpaired) electrons. The second kappa shape index (κ2) is 5.74. The van der Waals surface area contributed by atoms with Gasteiger partial charge in [0.1, 0.15) is 5.76 Å². The Bertz CT molecular complexity index is 523. The molecular weight excluding hydrogens is 246 g/mol. The number of anilines is 1. The van der Waals surface area contributed by atoms with E-state index in [-0.39, 0.29) is 0 Å². The fraction of sp³-hybridized carbons (Fsp3) is 0.444. The van der Waals surface area contributed by atoms with Crippen molar-refractivity contribution in [2.24, 2.45) is 5.92 Å². The van der Waals surface area contributed by atoms with Crippen LogP contribution in [0.25, 0.3) is 0 Å². The predicted molar refractivity (Wildman–Crippen MR) is 86.1 cm³/mol. The number of allylic oxidation sites excluding steroid dienone is 1. The molecule has 0 saturated carbocycles. The fourth-order valence-corrected chi connectivity index (χ4v) is 2.63. The highest BCUT2D eigenvalue weighted by molar-refractivity contribution is 5.56. The molecule has 0 aliphatic carbocycles. The van der Waals surface area contributed by atoms with Crippen molar-refractivity contribution in [2.75, 3.05) is 11.4 Å². The van der Waals surface area contributed by atoms with E-state index < -0.39 is 0 Å². The van der Waals surface area contributed by atoms with E-state index in [9.17, 15) is 5.11 Å². The van der Waals surface area contributed by atoms with Crippen LogP contribution in [0, 0.1) is 5.92 Å². The average Bonchev–Trinajstić information content (AvgIpc) is 2.40. The van der Waals surface area contributed by atoms with Gasteiger partial charge in [-0.25, -0.2) is 0 Å². The molecule has 1 aliphatic heterocycles. The monoisotopic (exact) mass is 271 g/mol. The van der Waals surface area contributed by atoms with Crippen LogP contribution in [0.2, 0.25) is 0 Å². The molecule has 2 nitrogen and oxygen atoms in total. The molecule has 2 heteroatoms. The molecule has 0 spiro atoms. The van der Waals surface area contributed by atoms with Crippen molar-refractivity contribution < 1.29 is 5.11 Å². The smallest absolute Gasteiger partial charge is 0.112 e. The Morgan fingerprint density at radius 3 is 2.15 bits per heavy atom. The second-order valence-electron chi connectivity index (χ2n) is 6.20. The van der Waals surface area contributed by atoms with Crippen molar-refractivity contribution in [3.63, 3.8) is 0 Å². The van der Waals surface area contributed by atoms with Gasteiger partial charge in [-0.3, -0.25) is 0 Å². The number of aliphatic hydroxyl groups excluding tert-OH is 1. The maximum absolute atomic E-state index is 10.2. The zero-order valence-electron chi connectivity index (χ0n) is 13.0. The lowest BCUT2D eigenvalue weighted by molar-refractivity contribution is 0.376. The summed E-state index contributed by atoms with van der Waals surface area (Å²) in [4.78, 5) is 2.10. The van der Waals surface area contributed by atoms with Gasteiger partial charge in [-0.05, 0) is 35.1 Å². The van der Waals surface area contributed by atoms with Crippen LogP contribution in [-0.2, 0) is 0 Å². The number of hydrogen-bond donors (Lipinski definition) is 1. The molecule has 1 aromatic rings. The Labute approximate surface area is 122 Å². The summed E-state index contributed by atoms with van der Waals surface area (Å²) in [5, 5.41) is 10.2. The van der Waals surface area contributed by atoms with Gasteiger partial charge in [0.05, 0.1) is 6.54 Å². The molecule has 0 saturated heterocycles. The number of nitrogens with zero attached hydrogens (tertiary/aromatic N) is 1. The Morgan fingerprint density at radius 1 is 1.05 bits per heavy atom. The molecular formula is C18H25NO. The fourth-order valence-electron chi connectivity index (χ4n) is 2.63. The number of hydrogen-bond acceptors (Lipinski definition) is 2. The molecule has 0 amide bonds. The Kier molecular flexibility index (Phi) is 4.22. The molecule has 0 atom stereocenters. The van der Waals surface area contributed by atoms with Crippen molar-refractivity contribution in [1.29, 1.82) is 0 Å². The first-order valence-corrected chi connectivity index (χ1v) is 7.36. The maximum Gasteiger partial charge on any atom is 0.112 e. The summed E-state index contributed by atoms with van der Waals surface area (Å²) in [6, 6.07) is 8.56. The Balaban J connectivity index is 2.24. The van der Waals surface area contributed by atoms with E-state index in [2.05, 4.69) is 63.4 Å². The van der Waals surface area contributed by atoms with Gasteiger partial charge in [-0.1, -0.05) is 46.4 Å². The molecule has 0 aromatic heterocycles. The second-order valence-corrected chi connectivity index (χ2v) is 6.20. The zero-order valence-corrected chi connectivity index (χ0v) is 13.0. The molecule has 0 bridgehead atoms. The van der Waals surface area contributed by atoms with E-state index in [0.29, 0.717) is 24.1 Å². The van der Waals surface area contributed by atoms with Crippen molar-refractivity contribution in [3.05, 3.63) is 53.4 Å². The number of rotatable bonds is 3. The normalized spacial score (nSPS) is 16.5. The summed E-state index contributed by atoms with van der Waals surface area (Å²) in [6.07, 6.45) is 0.759. The maximum atomic E-state index is 10.2. The van der Waals surface area contributed by atoms with Crippen LogP contribution in [0.3, 0.4) is 0 Å². The van der Waals surface area contributed by atoms with Gasteiger partial charge in [0.25, 0.3) is 0 Å². The SMILES string of the molecule is C=C1CC(C(C)C)=C(O)CN1c1ccc(C(C)C)cc1. The minimum atomic E-state index is 0.372. The molecule has 108 valence electrons. The van der Waals surface area contributed by atoms with E-state index in [1.807, 2.05) is 0 Å². The van der Waals surface area contributed by atoms with Crippen LogP contribution < -0.4 is 4.90 Å². The highest BCUT2D eigenvalue weighted by atomic mass is 16.3. The van der Waals surface area contributed by atoms with Gasteiger partial charge < -0.3 is 10.0 Å². The number of benzene rings is 1. The van der Waals surface area contributed by atoms with Gasteiger partial charge in [0.15, 0.2) is 0 Å². The quantitative estimate of drug-likeness (QED) is 0.836. The highest BCUT2D eigenvalue weighted by Gasteiger charge is 2.23. The van der Waals surface area contributed by atoms with Crippen molar-refractivity contribution >= 4 is 5.69 Å². The van der Waals surface area contributed by atoms with Crippen LogP contribution in [0.5, 0.6) is 0 Å². The van der Waals surface area contributed by atoms with Crippen LogP contribution in [-0.4, -0.2) is 11.7 Å². The van der Waals surface area contributed by atoms with Gasteiger partial charge in [-0.2, -0.15) is 0 Å². The Hall–Kier alpha value is -1.70. The molecule has 0 fully saturated rings. The first-order valence-electron chi connectivity index (χ1n) is 7.36. The standard InChI is InChI=1S/C18H25NO/c1-12(2)15-6-8-16(9-7-15)19-11-18(20)17(13(3)4)10-14(19)5/h6-9,12-13,20H,5,10-11H2,1-4H3. The lowest BCUT2D eigenvalue weighted by Gasteiger charge is -2.33. The largest absolute Gasteiger partial charge is 0.510 e.